The van der Waals surface area contributed by atoms with Gasteiger partial charge in [0, 0.05) is 5.56 Å². The summed E-state index contributed by atoms with van der Waals surface area (Å²) >= 11 is 0. The Hall–Kier alpha value is -4.07. The Morgan fingerprint density at radius 2 is 1.61 bits per heavy atom. The van der Waals surface area contributed by atoms with Gasteiger partial charge in [-0.2, -0.15) is 4.98 Å². The third-order valence-corrected chi connectivity index (χ3v) is 4.42. The number of aromatic nitrogens is 6. The van der Waals surface area contributed by atoms with Gasteiger partial charge in [-0.1, -0.05) is 42.5 Å². The zero-order valence-electron chi connectivity index (χ0n) is 14.8. The van der Waals surface area contributed by atoms with Crippen molar-refractivity contribution in [3.63, 3.8) is 0 Å². The molecule has 8 nitrogen and oxygen atoms in total. The Morgan fingerprint density at radius 1 is 0.857 bits per heavy atom. The Labute approximate surface area is 159 Å². The van der Waals surface area contributed by atoms with Gasteiger partial charge in [0.25, 0.3) is 0 Å². The van der Waals surface area contributed by atoms with Crippen molar-refractivity contribution in [3.8, 4) is 11.3 Å². The highest BCUT2D eigenvalue weighted by atomic mass is 15.1. The summed E-state index contributed by atoms with van der Waals surface area (Å²) < 4.78 is 0. The van der Waals surface area contributed by atoms with E-state index < -0.39 is 0 Å². The van der Waals surface area contributed by atoms with Crippen molar-refractivity contribution >= 4 is 34.0 Å². The molecule has 0 bridgehead atoms. The van der Waals surface area contributed by atoms with E-state index in [0.29, 0.717) is 29.5 Å². The number of fused-ring (bicyclic) bond motifs is 2. The van der Waals surface area contributed by atoms with Crippen LogP contribution in [0.3, 0.4) is 0 Å². The molecule has 0 aliphatic carbocycles. The van der Waals surface area contributed by atoms with Gasteiger partial charge in [-0.15, -0.1) is 0 Å². The van der Waals surface area contributed by atoms with Crippen LogP contribution >= 0.6 is 0 Å². The predicted octanol–water partition coefficient (Wildman–Crippen LogP) is 3.16. The number of nitrogens with two attached hydrogens (primary N) is 1. The van der Waals surface area contributed by atoms with E-state index in [0.717, 1.165) is 28.0 Å². The molecule has 0 spiro atoms. The molecule has 0 fully saturated rings. The fraction of sp³-hybridized carbons (Fsp3) is 0.0500. The van der Waals surface area contributed by atoms with Crippen LogP contribution < -0.4 is 11.1 Å². The molecule has 0 saturated heterocycles. The summed E-state index contributed by atoms with van der Waals surface area (Å²) in [6, 6.07) is 17.9. The highest BCUT2D eigenvalue weighted by Gasteiger charge is 2.13. The molecule has 0 radical (unpaired) electrons. The van der Waals surface area contributed by atoms with Crippen LogP contribution in [-0.2, 0) is 6.54 Å². The lowest BCUT2D eigenvalue weighted by Gasteiger charge is -2.11. The van der Waals surface area contributed by atoms with Gasteiger partial charge in [-0.25, -0.2) is 19.9 Å². The first kappa shape index (κ1) is 16.1. The molecular formula is C20H16N8. The van der Waals surface area contributed by atoms with Gasteiger partial charge in [-0.05, 0) is 12.1 Å². The lowest BCUT2D eigenvalue weighted by molar-refractivity contribution is 1.03. The number of nitrogens with zero attached hydrogens (tertiary/aromatic N) is 5. The van der Waals surface area contributed by atoms with E-state index in [1.807, 2.05) is 54.6 Å². The van der Waals surface area contributed by atoms with E-state index in [-0.39, 0.29) is 0 Å². The first-order valence-electron chi connectivity index (χ1n) is 8.79. The van der Waals surface area contributed by atoms with Crippen molar-refractivity contribution < 1.29 is 0 Å². The van der Waals surface area contributed by atoms with Gasteiger partial charge in [0.05, 0.1) is 29.0 Å². The lowest BCUT2D eigenvalue weighted by Crippen LogP contribution is -2.07. The number of benzene rings is 2. The fourth-order valence-corrected chi connectivity index (χ4v) is 3.13. The quantitative estimate of drug-likeness (QED) is 0.446. The monoisotopic (exact) mass is 368 g/mol. The molecule has 136 valence electrons. The second-order valence-corrected chi connectivity index (χ2v) is 6.27. The molecular weight excluding hydrogens is 352 g/mol. The molecule has 0 saturated carbocycles. The summed E-state index contributed by atoms with van der Waals surface area (Å²) in [6.45, 7) is 0.438. The summed E-state index contributed by atoms with van der Waals surface area (Å²) in [5.41, 5.74) is 11.3. The molecule has 0 unspecified atom stereocenters. The predicted molar refractivity (Wildman–Crippen MR) is 108 cm³/mol. The first-order chi connectivity index (χ1) is 13.8. The summed E-state index contributed by atoms with van der Waals surface area (Å²) in [6.07, 6.45) is 1.45. The maximum absolute atomic E-state index is 5.74. The maximum Gasteiger partial charge on any atom is 0.200 e. The third kappa shape index (κ3) is 2.86. The van der Waals surface area contributed by atoms with E-state index >= 15 is 0 Å². The molecule has 3 aromatic heterocycles. The van der Waals surface area contributed by atoms with Crippen LogP contribution in [0.15, 0.2) is 60.9 Å². The van der Waals surface area contributed by atoms with Crippen molar-refractivity contribution in [2.24, 2.45) is 0 Å². The zero-order chi connectivity index (χ0) is 18.9. The second kappa shape index (κ2) is 6.58. The molecule has 28 heavy (non-hydrogen) atoms. The largest absolute Gasteiger partial charge is 0.369 e. The van der Waals surface area contributed by atoms with Crippen molar-refractivity contribution in [1.82, 2.24) is 29.9 Å². The van der Waals surface area contributed by atoms with E-state index in [2.05, 4.69) is 25.3 Å². The molecule has 4 N–H and O–H groups in total. The van der Waals surface area contributed by atoms with E-state index in [4.69, 9.17) is 15.7 Å². The van der Waals surface area contributed by atoms with Crippen molar-refractivity contribution in [3.05, 3.63) is 66.6 Å². The molecule has 5 rings (SSSR count). The van der Waals surface area contributed by atoms with Crippen LogP contribution in [-0.4, -0.2) is 29.9 Å². The molecule has 8 heteroatoms. The van der Waals surface area contributed by atoms with E-state index in [9.17, 15) is 0 Å². The van der Waals surface area contributed by atoms with Gasteiger partial charge >= 0.3 is 0 Å². The van der Waals surface area contributed by atoms with Crippen molar-refractivity contribution in [1.29, 1.82) is 0 Å². The van der Waals surface area contributed by atoms with E-state index in [1.165, 1.54) is 6.33 Å². The maximum atomic E-state index is 5.74. The van der Waals surface area contributed by atoms with Crippen LogP contribution in [0.1, 0.15) is 5.69 Å². The Morgan fingerprint density at radius 3 is 2.43 bits per heavy atom. The van der Waals surface area contributed by atoms with Crippen LogP contribution in [0.4, 0.5) is 11.8 Å². The minimum atomic E-state index is 0.300. The normalized spacial score (nSPS) is 11.1. The number of hydrogen-bond acceptors (Lipinski definition) is 7. The van der Waals surface area contributed by atoms with Crippen molar-refractivity contribution in [2.75, 3.05) is 11.1 Å². The summed E-state index contributed by atoms with van der Waals surface area (Å²) in [4.78, 5) is 25.2. The van der Waals surface area contributed by atoms with Gasteiger partial charge in [0.2, 0.25) is 0 Å². The van der Waals surface area contributed by atoms with Crippen LogP contribution in [0.2, 0.25) is 0 Å². The molecule has 3 heterocycles. The number of H-pyrrole nitrogens is 1. The topological polar surface area (TPSA) is 118 Å². The number of para-hydroxylation sites is 2. The van der Waals surface area contributed by atoms with Crippen LogP contribution in [0, 0.1) is 0 Å². The van der Waals surface area contributed by atoms with Gasteiger partial charge in [0.1, 0.15) is 11.8 Å². The average Bonchev–Trinajstić information content (AvgIpc) is 3.13. The minimum Gasteiger partial charge on any atom is -0.369 e. The van der Waals surface area contributed by atoms with Gasteiger partial charge in [0.15, 0.2) is 17.4 Å². The number of nitrogens with one attached hydrogen (secondary N) is 2. The standard InChI is InChI=1S/C20H16N8/c21-20-27-17-18(23-11-24-19(17)28-20)22-10-15-16(12-6-2-1-3-7-12)26-14-9-5-4-8-13(14)25-15/h1-9,11H,10H2,(H4,21,22,23,24,27,28). The number of nitrogen functional groups attached to an aromatic ring is 1. The average molecular weight is 368 g/mol. The highest BCUT2D eigenvalue weighted by molar-refractivity contribution is 5.84. The number of aromatic amines is 1. The molecule has 5 aromatic rings. The Balaban J connectivity index is 1.57. The fourth-order valence-electron chi connectivity index (χ4n) is 3.13. The second-order valence-electron chi connectivity index (χ2n) is 6.27. The molecule has 0 amide bonds. The summed E-state index contributed by atoms with van der Waals surface area (Å²) in [5, 5.41) is 3.31. The van der Waals surface area contributed by atoms with Gasteiger partial charge < -0.3 is 16.0 Å². The first-order valence-corrected chi connectivity index (χ1v) is 8.79. The van der Waals surface area contributed by atoms with Gasteiger partial charge in [-0.3, -0.25) is 0 Å². The molecule has 0 atom stereocenters. The molecule has 0 aliphatic heterocycles. The Kier molecular flexibility index (Phi) is 3.79. The lowest BCUT2D eigenvalue weighted by atomic mass is 10.1. The number of anilines is 2. The smallest absolute Gasteiger partial charge is 0.200 e. The van der Waals surface area contributed by atoms with Crippen LogP contribution in [0.5, 0.6) is 0 Å². The van der Waals surface area contributed by atoms with Crippen LogP contribution in [0.25, 0.3) is 33.5 Å². The molecule has 0 aliphatic rings. The molecule has 2 aromatic carbocycles. The van der Waals surface area contributed by atoms with Crippen molar-refractivity contribution in [2.45, 2.75) is 6.54 Å². The minimum absolute atomic E-state index is 0.300. The summed E-state index contributed by atoms with van der Waals surface area (Å²) in [5.74, 6) is 0.914. The highest BCUT2D eigenvalue weighted by Crippen LogP contribution is 2.25. The SMILES string of the molecule is Nc1nc2ncnc(NCc3nc4ccccc4nc3-c3ccccc3)c2[nH]1. The Bertz CT molecular complexity index is 1280. The summed E-state index contributed by atoms with van der Waals surface area (Å²) in [7, 11) is 0. The number of hydrogen-bond donors (Lipinski definition) is 3. The number of imidazole rings is 1. The number of rotatable bonds is 4. The third-order valence-electron chi connectivity index (χ3n) is 4.42. The van der Waals surface area contributed by atoms with E-state index in [1.54, 1.807) is 0 Å². The zero-order valence-corrected chi connectivity index (χ0v) is 14.8.